The van der Waals surface area contributed by atoms with Gasteiger partial charge in [0.25, 0.3) is 11.7 Å². The zero-order valence-corrected chi connectivity index (χ0v) is 16.5. The van der Waals surface area contributed by atoms with Gasteiger partial charge in [0.1, 0.15) is 5.76 Å². The fraction of sp³-hybridized carbons (Fsp3) is 0.333. The van der Waals surface area contributed by atoms with Crippen LogP contribution in [0.5, 0.6) is 0 Å². The molecule has 0 saturated carbocycles. The zero-order chi connectivity index (χ0) is 20.1. The van der Waals surface area contributed by atoms with Crippen molar-refractivity contribution in [3.8, 4) is 0 Å². The van der Waals surface area contributed by atoms with Gasteiger partial charge in [0, 0.05) is 12.1 Å². The number of hydrogen-bond donors (Lipinski definition) is 1. The Morgan fingerprint density at radius 1 is 0.964 bits per heavy atom. The molecular weight excluding hydrogens is 350 g/mol. The summed E-state index contributed by atoms with van der Waals surface area (Å²) < 4.78 is 0. The molecule has 146 valence electrons. The van der Waals surface area contributed by atoms with Crippen LogP contribution in [0.3, 0.4) is 0 Å². The van der Waals surface area contributed by atoms with Crippen molar-refractivity contribution in [2.45, 2.75) is 45.6 Å². The molecule has 1 saturated heterocycles. The molecule has 0 aliphatic carbocycles. The van der Waals surface area contributed by atoms with Gasteiger partial charge in [0.2, 0.25) is 0 Å². The van der Waals surface area contributed by atoms with Gasteiger partial charge >= 0.3 is 0 Å². The minimum Gasteiger partial charge on any atom is -0.507 e. The van der Waals surface area contributed by atoms with Gasteiger partial charge in [-0.2, -0.15) is 0 Å². The van der Waals surface area contributed by atoms with E-state index in [1.54, 1.807) is 17.0 Å². The molecule has 2 aromatic carbocycles. The number of nitrogens with zero attached hydrogens (tertiary/aromatic N) is 1. The second kappa shape index (κ2) is 8.87. The quantitative estimate of drug-likeness (QED) is 0.320. The lowest BCUT2D eigenvalue weighted by Gasteiger charge is -2.25. The van der Waals surface area contributed by atoms with Crippen molar-refractivity contribution in [2.24, 2.45) is 0 Å². The van der Waals surface area contributed by atoms with E-state index in [0.717, 1.165) is 36.8 Å². The molecule has 1 aliphatic heterocycles. The summed E-state index contributed by atoms with van der Waals surface area (Å²) in [5.74, 6) is -1.25. The minimum atomic E-state index is -0.609. The van der Waals surface area contributed by atoms with Crippen LogP contribution in [-0.4, -0.2) is 28.2 Å². The van der Waals surface area contributed by atoms with Crippen molar-refractivity contribution < 1.29 is 14.7 Å². The molecule has 0 bridgehead atoms. The maximum absolute atomic E-state index is 12.9. The molecule has 1 amide bonds. The number of carbonyl (C=O) groups excluding carboxylic acids is 2. The zero-order valence-electron chi connectivity index (χ0n) is 16.5. The van der Waals surface area contributed by atoms with Crippen LogP contribution in [0.4, 0.5) is 0 Å². The average molecular weight is 377 g/mol. The van der Waals surface area contributed by atoms with Crippen LogP contribution in [-0.2, 0) is 9.59 Å². The lowest BCUT2D eigenvalue weighted by atomic mass is 9.95. The number of carbonyl (C=O) groups is 2. The third kappa shape index (κ3) is 4.01. The van der Waals surface area contributed by atoms with Crippen molar-refractivity contribution in [3.05, 3.63) is 76.9 Å². The minimum absolute atomic E-state index is 0.108. The summed E-state index contributed by atoms with van der Waals surface area (Å²) in [7, 11) is 0. The molecule has 1 unspecified atom stereocenters. The number of benzene rings is 2. The van der Waals surface area contributed by atoms with Gasteiger partial charge in [-0.25, -0.2) is 0 Å². The van der Waals surface area contributed by atoms with Crippen LogP contribution >= 0.6 is 0 Å². The highest BCUT2D eigenvalue weighted by molar-refractivity contribution is 6.46. The number of aliphatic hydroxyl groups is 1. The molecule has 4 nitrogen and oxygen atoms in total. The van der Waals surface area contributed by atoms with Gasteiger partial charge in [-0.3, -0.25) is 9.59 Å². The van der Waals surface area contributed by atoms with E-state index in [4.69, 9.17) is 0 Å². The molecule has 0 spiro atoms. The first kappa shape index (κ1) is 19.9. The highest BCUT2D eigenvalue weighted by Gasteiger charge is 2.45. The number of amides is 1. The van der Waals surface area contributed by atoms with Gasteiger partial charge < -0.3 is 10.0 Å². The lowest BCUT2D eigenvalue weighted by molar-refractivity contribution is -0.139. The first-order chi connectivity index (χ1) is 13.5. The van der Waals surface area contributed by atoms with Crippen molar-refractivity contribution >= 4 is 17.4 Å². The molecule has 0 radical (unpaired) electrons. The Morgan fingerprint density at radius 3 is 2.29 bits per heavy atom. The van der Waals surface area contributed by atoms with E-state index in [0.29, 0.717) is 12.1 Å². The molecule has 1 fully saturated rings. The predicted octanol–water partition coefficient (Wildman–Crippen LogP) is 5.00. The highest BCUT2D eigenvalue weighted by Crippen LogP contribution is 2.39. The summed E-state index contributed by atoms with van der Waals surface area (Å²) in [6, 6.07) is 16.2. The van der Waals surface area contributed by atoms with E-state index in [1.165, 1.54) is 0 Å². The Morgan fingerprint density at radius 2 is 1.64 bits per heavy atom. The Balaban J connectivity index is 2.03. The van der Waals surface area contributed by atoms with Gasteiger partial charge in [0.15, 0.2) is 0 Å². The molecule has 1 atom stereocenters. The number of hydrogen-bond acceptors (Lipinski definition) is 3. The molecule has 28 heavy (non-hydrogen) atoms. The topological polar surface area (TPSA) is 57.6 Å². The smallest absolute Gasteiger partial charge is 0.295 e. The largest absolute Gasteiger partial charge is 0.507 e. The van der Waals surface area contributed by atoms with Crippen LogP contribution in [0, 0.1) is 6.92 Å². The highest BCUT2D eigenvalue weighted by atomic mass is 16.3. The molecule has 1 heterocycles. The number of ketones is 1. The molecule has 0 aromatic heterocycles. The van der Waals surface area contributed by atoms with Crippen molar-refractivity contribution in [2.75, 3.05) is 6.54 Å². The normalized spacial score (nSPS) is 18.6. The van der Waals surface area contributed by atoms with E-state index in [1.807, 2.05) is 49.4 Å². The van der Waals surface area contributed by atoms with Gasteiger partial charge in [0.05, 0.1) is 11.6 Å². The number of rotatable bonds is 7. The van der Waals surface area contributed by atoms with Crippen LogP contribution in [0.1, 0.15) is 55.3 Å². The monoisotopic (exact) mass is 377 g/mol. The summed E-state index contributed by atoms with van der Waals surface area (Å²) in [5.41, 5.74) is 2.63. The Labute approximate surface area is 166 Å². The maximum Gasteiger partial charge on any atom is 0.295 e. The van der Waals surface area contributed by atoms with Crippen LogP contribution < -0.4 is 0 Å². The lowest BCUT2D eigenvalue weighted by Crippen LogP contribution is -2.30. The standard InChI is InChI=1S/C24H27NO3/c1-3-4-5-9-16-25-21(18-10-7-6-8-11-18)20(23(27)24(25)28)22(26)19-14-12-17(2)13-15-19/h6-8,10-15,21,26H,3-5,9,16H2,1-2H3/b22-20-. The van der Waals surface area contributed by atoms with Gasteiger partial charge in [-0.1, -0.05) is 86.3 Å². The third-order valence-corrected chi connectivity index (χ3v) is 5.23. The molecule has 3 rings (SSSR count). The van der Waals surface area contributed by atoms with Crippen LogP contribution in [0.15, 0.2) is 60.2 Å². The van der Waals surface area contributed by atoms with Gasteiger partial charge in [-0.15, -0.1) is 0 Å². The number of Topliss-reactive ketones (excluding diaryl/α,β-unsaturated/α-hetero) is 1. The van der Waals surface area contributed by atoms with Gasteiger partial charge in [-0.05, 0) is 18.9 Å². The Hall–Kier alpha value is -2.88. The van der Waals surface area contributed by atoms with Crippen molar-refractivity contribution in [1.29, 1.82) is 0 Å². The first-order valence-corrected chi connectivity index (χ1v) is 9.95. The predicted molar refractivity (Wildman–Crippen MR) is 111 cm³/mol. The summed E-state index contributed by atoms with van der Waals surface area (Å²) in [6.45, 7) is 4.61. The van der Waals surface area contributed by atoms with E-state index in [-0.39, 0.29) is 11.3 Å². The van der Waals surface area contributed by atoms with Crippen LogP contribution in [0.2, 0.25) is 0 Å². The van der Waals surface area contributed by atoms with Crippen molar-refractivity contribution in [3.63, 3.8) is 0 Å². The fourth-order valence-electron chi connectivity index (χ4n) is 3.67. The number of likely N-dealkylation sites (tertiary alicyclic amines) is 1. The van der Waals surface area contributed by atoms with Crippen molar-refractivity contribution in [1.82, 2.24) is 4.90 Å². The van der Waals surface area contributed by atoms with Crippen LogP contribution in [0.25, 0.3) is 5.76 Å². The Kier molecular flexibility index (Phi) is 6.30. The molecular formula is C24H27NO3. The first-order valence-electron chi connectivity index (χ1n) is 9.95. The summed E-state index contributed by atoms with van der Waals surface area (Å²) in [5, 5.41) is 10.9. The Bertz CT molecular complexity index is 868. The fourth-order valence-corrected chi connectivity index (χ4v) is 3.67. The number of aliphatic hydroxyl groups excluding tert-OH is 1. The number of unbranched alkanes of at least 4 members (excludes halogenated alkanes) is 3. The second-order valence-electron chi connectivity index (χ2n) is 7.33. The third-order valence-electron chi connectivity index (χ3n) is 5.23. The SMILES string of the molecule is CCCCCCN1C(=O)C(=O)/C(=C(\O)c2ccc(C)cc2)C1c1ccccc1. The molecule has 2 aromatic rings. The van der Waals surface area contributed by atoms with E-state index >= 15 is 0 Å². The number of aryl methyl sites for hydroxylation is 1. The maximum atomic E-state index is 12.9. The summed E-state index contributed by atoms with van der Waals surface area (Å²) in [4.78, 5) is 27.3. The van der Waals surface area contributed by atoms with E-state index in [9.17, 15) is 14.7 Å². The molecule has 1 aliphatic rings. The second-order valence-corrected chi connectivity index (χ2v) is 7.33. The van der Waals surface area contributed by atoms with E-state index in [2.05, 4.69) is 6.92 Å². The molecule has 1 N–H and O–H groups in total. The molecule has 4 heteroatoms. The van der Waals surface area contributed by atoms with E-state index < -0.39 is 17.7 Å². The average Bonchev–Trinajstić information content (AvgIpc) is 2.97. The summed E-state index contributed by atoms with van der Waals surface area (Å²) in [6.07, 6.45) is 4.06. The summed E-state index contributed by atoms with van der Waals surface area (Å²) >= 11 is 0.